The topological polar surface area (TPSA) is 38.0 Å². The number of rotatable bonds is 4. The molecule has 0 radical (unpaired) electrons. The molecular formula is C16H18BrFN2. The molecule has 20 heavy (non-hydrogen) atoms. The van der Waals surface area contributed by atoms with Gasteiger partial charge in [-0.15, -0.1) is 0 Å². The van der Waals surface area contributed by atoms with Crippen molar-refractivity contribution in [3.63, 3.8) is 0 Å². The van der Waals surface area contributed by atoms with Gasteiger partial charge in [-0.3, -0.25) is 11.3 Å². The number of halogens is 2. The molecule has 0 spiro atoms. The van der Waals surface area contributed by atoms with E-state index in [1.54, 1.807) is 6.07 Å². The zero-order valence-electron chi connectivity index (χ0n) is 11.6. The predicted octanol–water partition coefficient (Wildman–Crippen LogP) is 3.95. The zero-order valence-corrected chi connectivity index (χ0v) is 13.2. The lowest BCUT2D eigenvalue weighted by Gasteiger charge is -2.19. The van der Waals surface area contributed by atoms with Gasteiger partial charge in [0.05, 0.1) is 6.04 Å². The standard InChI is InChI=1S/C16H18BrFN2/c1-10-3-4-11(2)12(7-10)8-16(20-19)14-9-13(18)5-6-15(14)17/h3-7,9,16,20H,8,19H2,1-2H3. The third kappa shape index (κ3) is 3.45. The average molecular weight is 337 g/mol. The summed E-state index contributed by atoms with van der Waals surface area (Å²) in [7, 11) is 0. The Bertz CT molecular complexity index is 613. The van der Waals surface area contributed by atoms with Crippen molar-refractivity contribution >= 4 is 15.9 Å². The van der Waals surface area contributed by atoms with E-state index in [0.29, 0.717) is 6.42 Å². The molecule has 106 valence electrons. The minimum atomic E-state index is -0.260. The summed E-state index contributed by atoms with van der Waals surface area (Å²) in [5.74, 6) is 5.41. The Morgan fingerprint density at radius 3 is 2.65 bits per heavy atom. The van der Waals surface area contributed by atoms with Crippen LogP contribution < -0.4 is 11.3 Å². The molecule has 0 aliphatic carbocycles. The van der Waals surface area contributed by atoms with Crippen molar-refractivity contribution in [1.29, 1.82) is 0 Å². The molecule has 2 nitrogen and oxygen atoms in total. The van der Waals surface area contributed by atoms with Crippen molar-refractivity contribution in [3.8, 4) is 0 Å². The van der Waals surface area contributed by atoms with Crippen LogP contribution in [0.2, 0.25) is 0 Å². The molecular weight excluding hydrogens is 319 g/mol. The number of benzene rings is 2. The summed E-state index contributed by atoms with van der Waals surface area (Å²) in [5.41, 5.74) is 7.24. The fraction of sp³-hybridized carbons (Fsp3) is 0.250. The quantitative estimate of drug-likeness (QED) is 0.655. The molecule has 4 heteroatoms. The number of aryl methyl sites for hydroxylation is 2. The normalized spacial score (nSPS) is 12.4. The number of nitrogens with one attached hydrogen (secondary N) is 1. The number of hydrogen-bond donors (Lipinski definition) is 2. The van der Waals surface area contributed by atoms with Crippen LogP contribution in [0.15, 0.2) is 40.9 Å². The summed E-state index contributed by atoms with van der Waals surface area (Å²) in [5, 5.41) is 0. The van der Waals surface area contributed by atoms with E-state index < -0.39 is 0 Å². The number of hydrazine groups is 1. The van der Waals surface area contributed by atoms with Gasteiger partial charge in [0.1, 0.15) is 5.82 Å². The second-order valence-corrected chi connectivity index (χ2v) is 5.87. The number of hydrogen-bond acceptors (Lipinski definition) is 2. The van der Waals surface area contributed by atoms with Gasteiger partial charge in [-0.05, 0) is 55.2 Å². The Balaban J connectivity index is 2.33. The fourth-order valence-electron chi connectivity index (χ4n) is 2.28. The van der Waals surface area contributed by atoms with Gasteiger partial charge in [0.25, 0.3) is 0 Å². The van der Waals surface area contributed by atoms with Crippen molar-refractivity contribution in [2.75, 3.05) is 0 Å². The molecule has 0 bridgehead atoms. The molecule has 3 N–H and O–H groups in total. The summed E-state index contributed by atoms with van der Waals surface area (Å²) in [6.45, 7) is 4.13. The monoisotopic (exact) mass is 336 g/mol. The minimum absolute atomic E-state index is 0.138. The second-order valence-electron chi connectivity index (χ2n) is 5.02. The molecule has 0 saturated carbocycles. The van der Waals surface area contributed by atoms with Gasteiger partial charge in [-0.1, -0.05) is 39.7 Å². The van der Waals surface area contributed by atoms with E-state index in [2.05, 4.69) is 53.4 Å². The van der Waals surface area contributed by atoms with Gasteiger partial charge in [0.15, 0.2) is 0 Å². The Kier molecular flexibility index (Phi) is 4.91. The van der Waals surface area contributed by atoms with Gasteiger partial charge in [-0.25, -0.2) is 4.39 Å². The lowest BCUT2D eigenvalue weighted by molar-refractivity contribution is 0.541. The van der Waals surface area contributed by atoms with Gasteiger partial charge in [0, 0.05) is 4.47 Å². The third-order valence-electron chi connectivity index (χ3n) is 3.46. The molecule has 0 saturated heterocycles. The minimum Gasteiger partial charge on any atom is -0.271 e. The van der Waals surface area contributed by atoms with Crippen LogP contribution in [-0.2, 0) is 6.42 Å². The largest absolute Gasteiger partial charge is 0.271 e. The third-order valence-corrected chi connectivity index (χ3v) is 4.19. The highest BCUT2D eigenvalue weighted by Gasteiger charge is 2.15. The maximum absolute atomic E-state index is 13.4. The lowest BCUT2D eigenvalue weighted by Crippen LogP contribution is -2.30. The zero-order chi connectivity index (χ0) is 14.7. The molecule has 1 unspecified atom stereocenters. The molecule has 2 aromatic rings. The van der Waals surface area contributed by atoms with Crippen LogP contribution in [-0.4, -0.2) is 0 Å². The smallest absolute Gasteiger partial charge is 0.123 e. The lowest BCUT2D eigenvalue weighted by atomic mass is 9.95. The molecule has 0 aliphatic rings. The van der Waals surface area contributed by atoms with E-state index in [0.717, 1.165) is 10.0 Å². The first-order chi connectivity index (χ1) is 9.51. The van der Waals surface area contributed by atoms with Crippen molar-refractivity contribution in [1.82, 2.24) is 5.43 Å². The van der Waals surface area contributed by atoms with Crippen LogP contribution in [0.25, 0.3) is 0 Å². The first-order valence-corrected chi connectivity index (χ1v) is 7.27. The highest BCUT2D eigenvalue weighted by molar-refractivity contribution is 9.10. The van der Waals surface area contributed by atoms with Gasteiger partial charge >= 0.3 is 0 Å². The average Bonchev–Trinajstić information content (AvgIpc) is 2.42. The van der Waals surface area contributed by atoms with E-state index in [4.69, 9.17) is 5.84 Å². The van der Waals surface area contributed by atoms with E-state index >= 15 is 0 Å². The molecule has 0 heterocycles. The first-order valence-electron chi connectivity index (χ1n) is 6.48. The van der Waals surface area contributed by atoms with Crippen molar-refractivity contribution in [2.24, 2.45) is 5.84 Å². The van der Waals surface area contributed by atoms with Crippen LogP contribution in [0.4, 0.5) is 4.39 Å². The van der Waals surface area contributed by atoms with Crippen LogP contribution in [0.5, 0.6) is 0 Å². The Morgan fingerprint density at radius 2 is 1.95 bits per heavy atom. The molecule has 2 rings (SSSR count). The van der Waals surface area contributed by atoms with E-state index in [-0.39, 0.29) is 11.9 Å². The molecule has 0 aliphatic heterocycles. The van der Waals surface area contributed by atoms with Gasteiger partial charge in [0.2, 0.25) is 0 Å². The molecule has 1 atom stereocenters. The second kappa shape index (κ2) is 6.48. The summed E-state index contributed by atoms with van der Waals surface area (Å²) in [6, 6.07) is 10.8. The Hall–Kier alpha value is -1.23. The SMILES string of the molecule is Cc1ccc(C)c(CC(NN)c2cc(F)ccc2Br)c1. The summed E-state index contributed by atoms with van der Waals surface area (Å²) < 4.78 is 14.3. The highest BCUT2D eigenvalue weighted by Crippen LogP contribution is 2.27. The molecule has 0 amide bonds. The highest BCUT2D eigenvalue weighted by atomic mass is 79.9. The summed E-state index contributed by atoms with van der Waals surface area (Å²) >= 11 is 3.46. The maximum Gasteiger partial charge on any atom is 0.123 e. The van der Waals surface area contributed by atoms with Crippen LogP contribution >= 0.6 is 15.9 Å². The van der Waals surface area contributed by atoms with Crippen LogP contribution in [0.1, 0.15) is 28.3 Å². The fourth-order valence-corrected chi connectivity index (χ4v) is 2.80. The molecule has 0 fully saturated rings. The van der Waals surface area contributed by atoms with E-state index in [1.165, 1.54) is 28.8 Å². The summed E-state index contributed by atoms with van der Waals surface area (Å²) in [4.78, 5) is 0. The van der Waals surface area contributed by atoms with Crippen LogP contribution in [0, 0.1) is 19.7 Å². The Morgan fingerprint density at radius 1 is 1.20 bits per heavy atom. The van der Waals surface area contributed by atoms with Crippen molar-refractivity contribution < 1.29 is 4.39 Å². The van der Waals surface area contributed by atoms with E-state index in [1.807, 2.05) is 0 Å². The number of nitrogens with two attached hydrogens (primary N) is 1. The van der Waals surface area contributed by atoms with Crippen molar-refractivity contribution in [3.05, 3.63) is 68.9 Å². The van der Waals surface area contributed by atoms with Crippen LogP contribution in [0.3, 0.4) is 0 Å². The summed E-state index contributed by atoms with van der Waals surface area (Å²) in [6.07, 6.45) is 0.714. The van der Waals surface area contributed by atoms with Gasteiger partial charge in [-0.2, -0.15) is 0 Å². The Labute approximate surface area is 127 Å². The maximum atomic E-state index is 13.4. The van der Waals surface area contributed by atoms with Gasteiger partial charge < -0.3 is 0 Å². The molecule has 0 aromatic heterocycles. The van der Waals surface area contributed by atoms with E-state index in [9.17, 15) is 4.39 Å². The van der Waals surface area contributed by atoms with Crippen molar-refractivity contribution in [2.45, 2.75) is 26.3 Å². The first kappa shape index (κ1) is 15.2. The predicted molar refractivity (Wildman–Crippen MR) is 83.8 cm³/mol. The molecule has 2 aromatic carbocycles.